The van der Waals surface area contributed by atoms with E-state index in [-0.39, 0.29) is 19.1 Å². The maximum absolute atomic E-state index is 13.1. The molecule has 89 heavy (non-hydrogen) atoms. The SMILES string of the molecule is CCCCCCCCCC/C=C\CCCCCCCCCCCCCCCCCCCCCCCCCCCCCC(=O)NC(COP(=O)([O-])OCC[N+](C)(C)C)C(O)/C=C/CCCCCCCCCCCCCCCCCCCCCCCCCCCC. The highest BCUT2D eigenvalue weighted by Crippen LogP contribution is 2.38. The molecule has 0 aliphatic carbocycles. The van der Waals surface area contributed by atoms with Gasteiger partial charge in [0.05, 0.1) is 39.9 Å². The van der Waals surface area contributed by atoms with Crippen molar-refractivity contribution in [2.24, 2.45) is 0 Å². The molecule has 0 heterocycles. The summed E-state index contributed by atoms with van der Waals surface area (Å²) in [5.41, 5.74) is 0. The van der Waals surface area contributed by atoms with Crippen LogP contribution in [-0.2, 0) is 18.4 Å². The standard InChI is InChI=1S/C80H159N2O6P/c1-6-8-10-12-14-16-18-20-22-24-26-28-30-32-34-36-37-38-39-40-41-42-43-44-45-46-48-50-52-54-56-58-60-62-64-66-68-70-72-74-80(84)81-78(77-88-89(85,86)87-76-75-82(3,4)5)79(83)73-71-69-67-65-63-61-59-57-55-53-51-49-47-35-33-31-29-27-25-23-21-19-17-15-13-11-9-7-2/h24,26,71,73,78-79,83H,6-23,25,27-70,72,74-77H2,1-5H3,(H-,81,84,85,86)/b26-24-,73-71+. The van der Waals surface area contributed by atoms with Crippen molar-refractivity contribution in [3.8, 4) is 0 Å². The molecule has 2 N–H and O–H groups in total. The molecule has 0 fully saturated rings. The van der Waals surface area contributed by atoms with Gasteiger partial charge >= 0.3 is 0 Å². The molecule has 0 saturated heterocycles. The van der Waals surface area contributed by atoms with E-state index >= 15 is 0 Å². The van der Waals surface area contributed by atoms with E-state index in [0.29, 0.717) is 17.4 Å². The van der Waals surface area contributed by atoms with Crippen LogP contribution in [0.2, 0.25) is 0 Å². The van der Waals surface area contributed by atoms with Crippen LogP contribution in [0, 0.1) is 0 Å². The van der Waals surface area contributed by atoms with Gasteiger partial charge in [-0.3, -0.25) is 9.36 Å². The minimum Gasteiger partial charge on any atom is -0.756 e. The Morgan fingerprint density at radius 1 is 0.382 bits per heavy atom. The number of amides is 1. The predicted molar refractivity (Wildman–Crippen MR) is 390 cm³/mol. The minimum atomic E-state index is -4.60. The number of aliphatic hydroxyl groups excluding tert-OH is 1. The van der Waals surface area contributed by atoms with E-state index in [0.717, 1.165) is 38.5 Å². The van der Waals surface area contributed by atoms with Gasteiger partial charge < -0.3 is 28.8 Å². The molecule has 0 bridgehead atoms. The molecule has 0 aromatic rings. The topological polar surface area (TPSA) is 108 Å². The third kappa shape index (κ3) is 74.2. The Balaban J connectivity index is 3.91. The smallest absolute Gasteiger partial charge is 0.268 e. The Morgan fingerprint density at radius 3 is 0.876 bits per heavy atom. The molecule has 0 saturated carbocycles. The summed E-state index contributed by atoms with van der Waals surface area (Å²) in [6.07, 6.45) is 95.0. The molecule has 1 amide bonds. The summed E-state index contributed by atoms with van der Waals surface area (Å²) in [6, 6.07) is -0.886. The number of hydrogen-bond acceptors (Lipinski definition) is 6. The van der Waals surface area contributed by atoms with Gasteiger partial charge in [0.2, 0.25) is 5.91 Å². The number of likely N-dealkylation sites (N-methyl/N-ethyl adjacent to an activating group) is 1. The number of carbonyl (C=O) groups excluding carboxylic acids is 1. The van der Waals surface area contributed by atoms with Crippen molar-refractivity contribution in [3.63, 3.8) is 0 Å². The van der Waals surface area contributed by atoms with Crippen molar-refractivity contribution in [2.45, 2.75) is 443 Å². The van der Waals surface area contributed by atoms with Crippen LogP contribution >= 0.6 is 7.82 Å². The average molecular weight is 1280 g/mol. The van der Waals surface area contributed by atoms with E-state index in [9.17, 15) is 19.4 Å². The van der Waals surface area contributed by atoms with Crippen LogP contribution < -0.4 is 10.2 Å². The van der Waals surface area contributed by atoms with Crippen molar-refractivity contribution in [2.75, 3.05) is 40.9 Å². The Kier molecular flexibility index (Phi) is 70.5. The summed E-state index contributed by atoms with van der Waals surface area (Å²) in [5, 5.41) is 14.0. The number of aliphatic hydroxyl groups is 1. The number of hydrogen-bond donors (Lipinski definition) is 2. The van der Waals surface area contributed by atoms with E-state index in [1.807, 2.05) is 27.2 Å². The highest BCUT2D eigenvalue weighted by atomic mass is 31.2. The summed E-state index contributed by atoms with van der Waals surface area (Å²) < 4.78 is 23.5. The zero-order valence-electron chi connectivity index (χ0n) is 60.9. The molecule has 0 rings (SSSR count). The van der Waals surface area contributed by atoms with Gasteiger partial charge in [0, 0.05) is 6.42 Å². The van der Waals surface area contributed by atoms with Crippen LogP contribution in [0.1, 0.15) is 431 Å². The fourth-order valence-corrected chi connectivity index (χ4v) is 13.4. The van der Waals surface area contributed by atoms with Gasteiger partial charge in [-0.05, 0) is 44.9 Å². The van der Waals surface area contributed by atoms with Gasteiger partial charge in [-0.2, -0.15) is 0 Å². The number of allylic oxidation sites excluding steroid dienone is 3. The molecular weight excluding hydrogens is 1120 g/mol. The number of nitrogens with one attached hydrogen (secondary N) is 1. The third-order valence-corrected chi connectivity index (χ3v) is 19.9. The normalized spacial score (nSPS) is 13.6. The van der Waals surface area contributed by atoms with E-state index in [1.165, 1.54) is 372 Å². The van der Waals surface area contributed by atoms with Crippen LogP contribution in [0.15, 0.2) is 24.3 Å². The highest BCUT2D eigenvalue weighted by Gasteiger charge is 2.23. The second-order valence-electron chi connectivity index (χ2n) is 29.1. The third-order valence-electron chi connectivity index (χ3n) is 18.9. The zero-order valence-corrected chi connectivity index (χ0v) is 61.8. The number of rotatable bonds is 76. The summed E-state index contributed by atoms with van der Waals surface area (Å²) in [5.74, 6) is -0.186. The van der Waals surface area contributed by atoms with E-state index in [4.69, 9.17) is 9.05 Å². The van der Waals surface area contributed by atoms with E-state index < -0.39 is 20.0 Å². The van der Waals surface area contributed by atoms with Gasteiger partial charge in [-0.25, -0.2) is 0 Å². The molecule has 0 spiro atoms. The predicted octanol–water partition coefficient (Wildman–Crippen LogP) is 25.5. The summed E-state index contributed by atoms with van der Waals surface area (Å²) in [6.45, 7) is 4.72. The lowest BCUT2D eigenvalue weighted by Gasteiger charge is -2.29. The molecule has 0 aliphatic rings. The molecule has 8 nitrogen and oxygen atoms in total. The lowest BCUT2D eigenvalue weighted by Crippen LogP contribution is -2.45. The second-order valence-corrected chi connectivity index (χ2v) is 30.5. The average Bonchev–Trinajstić information content (AvgIpc) is 3.55. The molecule has 0 aromatic heterocycles. The van der Waals surface area contributed by atoms with E-state index in [1.54, 1.807) is 6.08 Å². The Labute approximate surface area is 557 Å². The van der Waals surface area contributed by atoms with E-state index in [2.05, 4.69) is 31.3 Å². The largest absolute Gasteiger partial charge is 0.756 e. The van der Waals surface area contributed by atoms with Gasteiger partial charge in [-0.15, -0.1) is 0 Å². The van der Waals surface area contributed by atoms with Crippen molar-refractivity contribution in [1.82, 2.24) is 5.32 Å². The highest BCUT2D eigenvalue weighted by molar-refractivity contribution is 7.45. The number of quaternary nitrogens is 1. The maximum Gasteiger partial charge on any atom is 0.268 e. The maximum atomic E-state index is 13.1. The van der Waals surface area contributed by atoms with Gasteiger partial charge in [-0.1, -0.05) is 404 Å². The number of nitrogens with zero attached hydrogens (tertiary/aromatic N) is 1. The van der Waals surface area contributed by atoms with Crippen molar-refractivity contribution < 1.29 is 32.9 Å². The number of carbonyl (C=O) groups is 1. The molecule has 3 atom stereocenters. The van der Waals surface area contributed by atoms with Crippen molar-refractivity contribution >= 4 is 13.7 Å². The molecule has 9 heteroatoms. The van der Waals surface area contributed by atoms with Crippen LogP contribution in [-0.4, -0.2) is 68.5 Å². The minimum absolute atomic E-state index is 0.00248. The molecule has 0 aromatic carbocycles. The van der Waals surface area contributed by atoms with Crippen LogP contribution in [0.4, 0.5) is 0 Å². The molecule has 3 unspecified atom stereocenters. The van der Waals surface area contributed by atoms with Crippen LogP contribution in [0.25, 0.3) is 0 Å². The van der Waals surface area contributed by atoms with Crippen molar-refractivity contribution in [1.29, 1.82) is 0 Å². The zero-order chi connectivity index (χ0) is 64.8. The molecule has 0 radical (unpaired) electrons. The number of phosphoric ester groups is 1. The Hall–Kier alpha value is -1.02. The first kappa shape index (κ1) is 88.0. The lowest BCUT2D eigenvalue weighted by atomic mass is 10.0. The van der Waals surface area contributed by atoms with Gasteiger partial charge in [0.15, 0.2) is 0 Å². The summed E-state index contributed by atoms with van der Waals surface area (Å²) >= 11 is 0. The second kappa shape index (κ2) is 71.3. The monoisotopic (exact) mass is 1280 g/mol. The van der Waals surface area contributed by atoms with Crippen LogP contribution in [0.3, 0.4) is 0 Å². The first-order valence-corrected chi connectivity index (χ1v) is 41.7. The van der Waals surface area contributed by atoms with Crippen molar-refractivity contribution in [3.05, 3.63) is 24.3 Å². The number of unbranched alkanes of at least 4 members (excludes halogenated alkanes) is 61. The molecule has 530 valence electrons. The van der Waals surface area contributed by atoms with Gasteiger partial charge in [0.25, 0.3) is 7.82 Å². The summed E-state index contributed by atoms with van der Waals surface area (Å²) in [4.78, 5) is 25.7. The fraction of sp³-hybridized carbons (Fsp3) is 0.938. The van der Waals surface area contributed by atoms with Gasteiger partial charge in [0.1, 0.15) is 13.2 Å². The first-order chi connectivity index (χ1) is 43.5. The lowest BCUT2D eigenvalue weighted by molar-refractivity contribution is -0.870. The number of phosphoric acid groups is 1. The Bertz CT molecular complexity index is 1500. The molecular formula is C80H159N2O6P. The molecule has 0 aliphatic heterocycles. The van der Waals surface area contributed by atoms with Crippen LogP contribution in [0.5, 0.6) is 0 Å². The first-order valence-electron chi connectivity index (χ1n) is 40.2. The summed E-state index contributed by atoms with van der Waals surface area (Å²) in [7, 11) is 1.29. The fourth-order valence-electron chi connectivity index (χ4n) is 12.7. The quantitative estimate of drug-likeness (QED) is 0.0272. The Morgan fingerprint density at radius 2 is 0.618 bits per heavy atom.